The zero-order valence-electron chi connectivity index (χ0n) is 14.9. The Morgan fingerprint density at radius 2 is 1.81 bits per heavy atom. The molecule has 1 fully saturated rings. The Morgan fingerprint density at radius 1 is 1.15 bits per heavy atom. The number of anilines is 1. The summed E-state index contributed by atoms with van der Waals surface area (Å²) in [6.45, 7) is 4.82. The molecule has 0 aliphatic carbocycles. The Hall–Kier alpha value is -2.86. The molecule has 1 unspecified atom stereocenters. The number of carbonyl (C=O) groups is 2. The molecule has 26 heavy (non-hydrogen) atoms. The topological polar surface area (TPSA) is 81.7 Å². The van der Waals surface area contributed by atoms with Crippen molar-refractivity contribution < 1.29 is 14.8 Å². The number of hydrogen-bond acceptors (Lipinski definition) is 4. The Balaban J connectivity index is 2.04. The number of rotatable bonds is 5. The van der Waals surface area contributed by atoms with Crippen molar-refractivity contribution >= 4 is 17.5 Å². The predicted octanol–water partition coefficient (Wildman–Crippen LogP) is 2.44. The molecule has 6 heteroatoms. The summed E-state index contributed by atoms with van der Waals surface area (Å²) < 4.78 is 0. The van der Waals surface area contributed by atoms with Gasteiger partial charge in [-0.15, -0.1) is 0 Å². The molecule has 6 nitrogen and oxygen atoms in total. The SMILES string of the molecule is CC(C)(c1ccccc1)N(c1ccc(C(=O)NO)cc1)C1CCNC1=O. The Morgan fingerprint density at radius 3 is 2.35 bits per heavy atom. The van der Waals surface area contributed by atoms with E-state index in [1.54, 1.807) is 29.7 Å². The van der Waals surface area contributed by atoms with Gasteiger partial charge in [0.1, 0.15) is 6.04 Å². The molecule has 1 aliphatic heterocycles. The van der Waals surface area contributed by atoms with Crippen LogP contribution in [0, 0.1) is 0 Å². The minimum absolute atomic E-state index is 0.00573. The molecule has 0 bridgehead atoms. The van der Waals surface area contributed by atoms with Crippen LogP contribution in [0.4, 0.5) is 5.69 Å². The van der Waals surface area contributed by atoms with Crippen molar-refractivity contribution in [2.75, 3.05) is 11.4 Å². The zero-order chi connectivity index (χ0) is 18.7. The van der Waals surface area contributed by atoms with Crippen molar-refractivity contribution in [2.24, 2.45) is 0 Å². The van der Waals surface area contributed by atoms with Crippen molar-refractivity contribution in [3.63, 3.8) is 0 Å². The molecular weight excluding hydrogens is 330 g/mol. The summed E-state index contributed by atoms with van der Waals surface area (Å²) in [5.41, 5.74) is 3.48. The highest BCUT2D eigenvalue weighted by Crippen LogP contribution is 2.36. The third-order valence-electron chi connectivity index (χ3n) is 4.92. The number of hydroxylamine groups is 1. The highest BCUT2D eigenvalue weighted by molar-refractivity contribution is 5.94. The molecule has 2 amide bonds. The van der Waals surface area contributed by atoms with Crippen molar-refractivity contribution in [3.05, 3.63) is 65.7 Å². The standard InChI is InChI=1S/C20H23N3O3/c1-20(2,15-6-4-3-5-7-15)23(17-12-13-21-19(17)25)16-10-8-14(9-11-16)18(24)22-26/h3-11,17,26H,12-13H2,1-2H3,(H,21,25)(H,22,24). The molecule has 0 saturated carbocycles. The average Bonchev–Trinajstić information content (AvgIpc) is 3.08. The minimum Gasteiger partial charge on any atom is -0.354 e. The number of hydrogen-bond donors (Lipinski definition) is 3. The second-order valence-corrected chi connectivity index (χ2v) is 6.88. The van der Waals surface area contributed by atoms with E-state index in [4.69, 9.17) is 5.21 Å². The second-order valence-electron chi connectivity index (χ2n) is 6.88. The van der Waals surface area contributed by atoms with Crippen LogP contribution < -0.4 is 15.7 Å². The fourth-order valence-corrected chi connectivity index (χ4v) is 3.54. The molecule has 0 spiro atoms. The van der Waals surface area contributed by atoms with Crippen LogP contribution in [0.3, 0.4) is 0 Å². The fourth-order valence-electron chi connectivity index (χ4n) is 3.54. The number of carbonyl (C=O) groups excluding carboxylic acids is 2. The van der Waals surface area contributed by atoms with Crippen LogP contribution in [0.1, 0.15) is 36.2 Å². The Kier molecular flexibility index (Phi) is 4.95. The van der Waals surface area contributed by atoms with Crippen LogP contribution in [0.2, 0.25) is 0 Å². The molecule has 1 atom stereocenters. The molecule has 2 aromatic rings. The van der Waals surface area contributed by atoms with E-state index in [2.05, 4.69) is 24.1 Å². The van der Waals surface area contributed by atoms with Gasteiger partial charge >= 0.3 is 0 Å². The van der Waals surface area contributed by atoms with E-state index in [1.165, 1.54) is 0 Å². The van der Waals surface area contributed by atoms with Crippen LogP contribution >= 0.6 is 0 Å². The van der Waals surface area contributed by atoms with Crippen LogP contribution in [0.5, 0.6) is 0 Å². The number of amides is 2. The largest absolute Gasteiger partial charge is 0.354 e. The average molecular weight is 353 g/mol. The summed E-state index contributed by atoms with van der Waals surface area (Å²) in [4.78, 5) is 26.1. The van der Waals surface area contributed by atoms with Gasteiger partial charge in [0.05, 0.1) is 5.54 Å². The van der Waals surface area contributed by atoms with Gasteiger partial charge < -0.3 is 10.2 Å². The third-order valence-corrected chi connectivity index (χ3v) is 4.92. The highest BCUT2D eigenvalue weighted by atomic mass is 16.5. The summed E-state index contributed by atoms with van der Waals surface area (Å²) >= 11 is 0. The van der Waals surface area contributed by atoms with Gasteiger partial charge in [-0.2, -0.15) is 0 Å². The molecular formula is C20H23N3O3. The van der Waals surface area contributed by atoms with E-state index >= 15 is 0 Å². The van der Waals surface area contributed by atoms with Crippen molar-refractivity contribution in [2.45, 2.75) is 31.8 Å². The fraction of sp³-hybridized carbons (Fsp3) is 0.300. The number of benzene rings is 2. The maximum absolute atomic E-state index is 12.4. The lowest BCUT2D eigenvalue weighted by atomic mass is 9.89. The van der Waals surface area contributed by atoms with E-state index in [-0.39, 0.29) is 11.9 Å². The molecule has 1 aliphatic rings. The monoisotopic (exact) mass is 353 g/mol. The van der Waals surface area contributed by atoms with Crippen LogP contribution in [0.15, 0.2) is 54.6 Å². The molecule has 136 valence electrons. The van der Waals surface area contributed by atoms with Gasteiger partial charge in [-0.1, -0.05) is 30.3 Å². The molecule has 1 heterocycles. The summed E-state index contributed by atoms with van der Waals surface area (Å²) in [5.74, 6) is -0.560. The first kappa shape index (κ1) is 17.9. The van der Waals surface area contributed by atoms with Crippen LogP contribution in [0.25, 0.3) is 0 Å². The molecule has 3 rings (SSSR count). The molecule has 3 N–H and O–H groups in total. The summed E-state index contributed by atoms with van der Waals surface area (Å²) in [5, 5.41) is 11.7. The molecule has 0 aromatic heterocycles. The molecule has 1 saturated heterocycles. The first-order chi connectivity index (χ1) is 12.4. The Bertz CT molecular complexity index is 788. The zero-order valence-corrected chi connectivity index (χ0v) is 14.9. The maximum Gasteiger partial charge on any atom is 0.274 e. The third kappa shape index (κ3) is 3.28. The quantitative estimate of drug-likeness (QED) is 0.570. The van der Waals surface area contributed by atoms with Crippen molar-refractivity contribution in [1.29, 1.82) is 0 Å². The van der Waals surface area contributed by atoms with Gasteiger partial charge in [-0.3, -0.25) is 14.8 Å². The van der Waals surface area contributed by atoms with Crippen molar-refractivity contribution in [1.82, 2.24) is 10.8 Å². The lowest BCUT2D eigenvalue weighted by Gasteiger charge is -2.44. The van der Waals surface area contributed by atoms with Gasteiger partial charge in [0, 0.05) is 17.8 Å². The smallest absolute Gasteiger partial charge is 0.274 e. The van der Waals surface area contributed by atoms with E-state index in [1.807, 2.05) is 30.3 Å². The van der Waals surface area contributed by atoms with Gasteiger partial charge in [-0.05, 0) is 50.1 Å². The Labute approximate surface area is 152 Å². The van der Waals surface area contributed by atoms with E-state index in [0.717, 1.165) is 11.3 Å². The maximum atomic E-state index is 12.4. The first-order valence-corrected chi connectivity index (χ1v) is 8.62. The minimum atomic E-state index is -0.566. The van der Waals surface area contributed by atoms with Crippen LogP contribution in [-0.4, -0.2) is 29.6 Å². The summed E-state index contributed by atoms with van der Waals surface area (Å²) in [6.07, 6.45) is 0.716. The van der Waals surface area contributed by atoms with Crippen molar-refractivity contribution in [3.8, 4) is 0 Å². The van der Waals surface area contributed by atoms with E-state index in [0.29, 0.717) is 18.5 Å². The van der Waals surface area contributed by atoms with Gasteiger partial charge in [0.25, 0.3) is 5.91 Å². The number of nitrogens with one attached hydrogen (secondary N) is 2. The molecule has 0 radical (unpaired) electrons. The highest BCUT2D eigenvalue weighted by Gasteiger charge is 2.39. The summed E-state index contributed by atoms with van der Waals surface area (Å²) in [7, 11) is 0. The van der Waals surface area contributed by atoms with Gasteiger partial charge in [0.15, 0.2) is 0 Å². The normalized spacial score (nSPS) is 16.9. The number of nitrogens with zero attached hydrogens (tertiary/aromatic N) is 1. The first-order valence-electron chi connectivity index (χ1n) is 8.62. The van der Waals surface area contributed by atoms with Gasteiger partial charge in [-0.25, -0.2) is 5.48 Å². The van der Waals surface area contributed by atoms with E-state index < -0.39 is 11.4 Å². The van der Waals surface area contributed by atoms with E-state index in [9.17, 15) is 9.59 Å². The van der Waals surface area contributed by atoms with Crippen LogP contribution in [-0.2, 0) is 10.3 Å². The lowest BCUT2D eigenvalue weighted by Crippen LogP contribution is -2.51. The van der Waals surface area contributed by atoms with Gasteiger partial charge in [0.2, 0.25) is 5.91 Å². The molecule has 2 aromatic carbocycles. The lowest BCUT2D eigenvalue weighted by molar-refractivity contribution is -0.120. The predicted molar refractivity (Wildman–Crippen MR) is 99.1 cm³/mol. The second kappa shape index (κ2) is 7.17. The summed E-state index contributed by atoms with van der Waals surface area (Å²) in [6, 6.07) is 16.6.